The molecule has 0 saturated carbocycles. The van der Waals surface area contributed by atoms with E-state index in [1.165, 1.54) is 11.8 Å². The van der Waals surface area contributed by atoms with E-state index >= 15 is 0 Å². The minimum Gasteiger partial charge on any atom is -0.402 e. The van der Waals surface area contributed by atoms with Crippen molar-refractivity contribution in [3.05, 3.63) is 65.7 Å². The number of fused-ring (bicyclic) bond motifs is 1. The second kappa shape index (κ2) is 17.3. The number of nitrogens with one attached hydrogen (secondary N) is 2. The van der Waals surface area contributed by atoms with E-state index in [9.17, 15) is 19.2 Å². The number of carbonyl (C=O) groups is 4. The minimum atomic E-state index is -0.675. The van der Waals surface area contributed by atoms with Crippen LogP contribution in [0.25, 0.3) is 11.0 Å². The van der Waals surface area contributed by atoms with Crippen molar-refractivity contribution in [2.24, 2.45) is 28.3 Å². The lowest BCUT2D eigenvalue weighted by Crippen LogP contribution is -2.49. The van der Waals surface area contributed by atoms with Crippen LogP contribution < -0.4 is 27.0 Å². The fourth-order valence-corrected chi connectivity index (χ4v) is 9.49. The average Bonchev–Trinajstić information content (AvgIpc) is 3.98. The highest BCUT2D eigenvalue weighted by Gasteiger charge is 2.36. The number of aromatic nitrogens is 1. The Hall–Kier alpha value is -5.64. The van der Waals surface area contributed by atoms with E-state index < -0.39 is 17.7 Å². The Kier molecular flexibility index (Phi) is 11.8. The van der Waals surface area contributed by atoms with Crippen molar-refractivity contribution in [1.82, 2.24) is 30.1 Å². The van der Waals surface area contributed by atoms with Crippen LogP contribution in [-0.4, -0.2) is 126 Å². The van der Waals surface area contributed by atoms with E-state index in [0.717, 1.165) is 94.7 Å². The standard InChI is InChI=1S/C43H57N11O5/c1-27(40(45)56)41(47-37(23-44)53-16-3-4-33(26-53)54-21-20-50(2)43(54)58)46-31-7-5-29(6-8-31)30-14-17-51(18-15-30)24-28-13-19-52(25-28)32-9-11-36-35(22-32)39(49-59-36)34-10-12-38(55)48-42(34)57/h5-9,11,22-23,27-28,30,33-34H,3-4,10,12-21,24-26,44H2,1-2H3,(H2,45,56)(H,46,47)(H,48,55,57)/b37-23+/t27?,28-,33-,34?/m1/s1. The average molecular weight is 808 g/mol. The number of aliphatic imine (C=N–C) groups is 1. The number of amides is 5. The molecular formula is C43H57N11O5. The van der Waals surface area contributed by atoms with Crippen LogP contribution in [0.1, 0.15) is 75.0 Å². The Bertz CT molecular complexity index is 2110. The molecule has 0 aliphatic carbocycles. The quantitative estimate of drug-likeness (QED) is 0.126. The minimum absolute atomic E-state index is 0.0549. The summed E-state index contributed by atoms with van der Waals surface area (Å²) in [5, 5.41) is 10.9. The smallest absolute Gasteiger partial charge is 0.320 e. The van der Waals surface area contributed by atoms with Crippen LogP contribution in [0.4, 0.5) is 16.2 Å². The van der Waals surface area contributed by atoms with Crippen molar-refractivity contribution in [1.29, 1.82) is 0 Å². The molecule has 1 aromatic heterocycles. The molecule has 4 atom stereocenters. The van der Waals surface area contributed by atoms with Crippen molar-refractivity contribution >= 4 is 51.9 Å². The zero-order chi connectivity index (χ0) is 41.2. The van der Waals surface area contributed by atoms with E-state index in [1.807, 2.05) is 30.1 Å². The van der Waals surface area contributed by atoms with Gasteiger partial charge in [-0.05, 0) is 106 Å². The molecule has 2 unspecified atom stereocenters. The number of amidine groups is 1. The number of hydrogen-bond donors (Lipinski definition) is 4. The fraction of sp³-hybridized carbons (Fsp3) is 0.535. The fourth-order valence-electron chi connectivity index (χ4n) is 9.49. The van der Waals surface area contributed by atoms with Crippen molar-refractivity contribution in [2.75, 3.05) is 76.2 Å². The molecule has 5 aliphatic heterocycles. The maximum Gasteiger partial charge on any atom is 0.320 e. The number of urea groups is 1. The molecule has 59 heavy (non-hydrogen) atoms. The first-order valence-electron chi connectivity index (χ1n) is 21.2. The molecule has 2 aromatic carbocycles. The van der Waals surface area contributed by atoms with Crippen LogP contribution in [0.2, 0.25) is 0 Å². The predicted octanol–water partition coefficient (Wildman–Crippen LogP) is 3.58. The van der Waals surface area contributed by atoms with Gasteiger partial charge in [-0.1, -0.05) is 17.3 Å². The number of nitrogens with zero attached hydrogens (tertiary/aromatic N) is 7. The second-order valence-corrected chi connectivity index (χ2v) is 17.0. The van der Waals surface area contributed by atoms with Gasteiger partial charge in [-0.3, -0.25) is 19.7 Å². The first-order chi connectivity index (χ1) is 28.5. The molecule has 5 amide bonds. The number of rotatable bonds is 11. The van der Waals surface area contributed by atoms with Gasteiger partial charge in [0.25, 0.3) is 0 Å². The summed E-state index contributed by atoms with van der Waals surface area (Å²) in [5.41, 5.74) is 16.4. The summed E-state index contributed by atoms with van der Waals surface area (Å²) in [6.45, 7) is 9.64. The van der Waals surface area contributed by atoms with E-state index in [0.29, 0.717) is 60.7 Å². The van der Waals surface area contributed by atoms with Crippen molar-refractivity contribution in [2.45, 2.75) is 69.7 Å². The number of benzene rings is 2. The number of nitrogens with two attached hydrogens (primary N) is 2. The second-order valence-electron chi connectivity index (χ2n) is 17.0. The SMILES string of the molecule is CC(C(N)=O)/C(=N\C(=C/N)N1CCC[C@@H](N2CCN(C)C2=O)C1)Nc1ccc(C2CCN(C[C@H]3CCN(c4ccc5onc(C6CCC(=O)NC6=O)c5c4)C3)CC2)cc1. The van der Waals surface area contributed by atoms with E-state index in [-0.39, 0.29) is 23.9 Å². The van der Waals surface area contributed by atoms with Gasteiger partial charge >= 0.3 is 6.03 Å². The lowest BCUT2D eigenvalue weighted by atomic mass is 9.89. The number of hydrogen-bond acceptors (Lipinski definition) is 11. The van der Waals surface area contributed by atoms with Gasteiger partial charge in [-0.25, -0.2) is 9.79 Å². The van der Waals surface area contributed by atoms with Gasteiger partial charge in [-0.15, -0.1) is 0 Å². The van der Waals surface area contributed by atoms with Crippen LogP contribution in [0.5, 0.6) is 0 Å². The summed E-state index contributed by atoms with van der Waals surface area (Å²) < 4.78 is 5.57. The van der Waals surface area contributed by atoms with Crippen molar-refractivity contribution in [3.8, 4) is 0 Å². The van der Waals surface area contributed by atoms with Crippen molar-refractivity contribution < 1.29 is 23.7 Å². The normalized spacial score (nSPS) is 24.6. The molecule has 3 aromatic rings. The van der Waals surface area contributed by atoms with Gasteiger partial charge in [-0.2, -0.15) is 0 Å². The monoisotopic (exact) mass is 807 g/mol. The maximum atomic E-state index is 12.7. The van der Waals surface area contributed by atoms with Gasteiger partial charge in [0.15, 0.2) is 5.58 Å². The third-order valence-electron chi connectivity index (χ3n) is 13.1. The molecule has 6 N–H and O–H groups in total. The summed E-state index contributed by atoms with van der Waals surface area (Å²) in [6, 6.07) is 14.6. The van der Waals surface area contributed by atoms with Crippen LogP contribution in [-0.2, 0) is 14.4 Å². The molecule has 16 heteroatoms. The number of imide groups is 1. The predicted molar refractivity (Wildman–Crippen MR) is 225 cm³/mol. The van der Waals surface area contributed by atoms with Crippen LogP contribution in [0.3, 0.4) is 0 Å². The number of primary amides is 1. The molecule has 8 rings (SSSR count). The summed E-state index contributed by atoms with van der Waals surface area (Å²) >= 11 is 0. The molecule has 0 radical (unpaired) electrons. The van der Waals surface area contributed by atoms with Crippen LogP contribution in [0.15, 0.2) is 64.0 Å². The van der Waals surface area contributed by atoms with Crippen LogP contribution >= 0.6 is 0 Å². The number of likely N-dealkylation sites (N-methyl/N-ethyl adjacent to an activating group) is 1. The lowest BCUT2D eigenvalue weighted by molar-refractivity contribution is -0.134. The summed E-state index contributed by atoms with van der Waals surface area (Å²) in [4.78, 5) is 65.1. The molecule has 6 heterocycles. The molecule has 0 spiro atoms. The Morgan fingerprint density at radius 1 is 1.00 bits per heavy atom. The molecule has 16 nitrogen and oxygen atoms in total. The van der Waals surface area contributed by atoms with Gasteiger partial charge in [0, 0.05) is 82.2 Å². The Morgan fingerprint density at radius 2 is 1.80 bits per heavy atom. The van der Waals surface area contributed by atoms with E-state index in [4.69, 9.17) is 21.0 Å². The zero-order valence-corrected chi connectivity index (χ0v) is 34.1. The molecule has 314 valence electrons. The van der Waals surface area contributed by atoms with Gasteiger partial charge < -0.3 is 45.8 Å². The van der Waals surface area contributed by atoms with Crippen molar-refractivity contribution in [3.63, 3.8) is 0 Å². The first-order valence-corrected chi connectivity index (χ1v) is 21.2. The molecule has 0 bridgehead atoms. The van der Waals surface area contributed by atoms with E-state index in [1.54, 1.807) is 11.8 Å². The van der Waals surface area contributed by atoms with E-state index in [2.05, 4.69) is 54.8 Å². The summed E-state index contributed by atoms with van der Waals surface area (Å²) in [6.07, 6.45) is 7.32. The molecular weight excluding hydrogens is 751 g/mol. The largest absolute Gasteiger partial charge is 0.402 e. The first kappa shape index (κ1) is 40.2. The highest BCUT2D eigenvalue weighted by atomic mass is 16.5. The zero-order valence-electron chi connectivity index (χ0n) is 34.1. The Labute approximate surface area is 344 Å². The summed E-state index contributed by atoms with van der Waals surface area (Å²) in [7, 11) is 1.83. The third kappa shape index (κ3) is 8.73. The highest BCUT2D eigenvalue weighted by molar-refractivity contribution is 6.09. The van der Waals surface area contributed by atoms with Gasteiger partial charge in [0.1, 0.15) is 17.4 Å². The maximum absolute atomic E-state index is 12.7. The highest BCUT2D eigenvalue weighted by Crippen LogP contribution is 2.35. The number of likely N-dealkylation sites (tertiary alicyclic amines) is 2. The summed E-state index contributed by atoms with van der Waals surface area (Å²) in [5.74, 6) is -0.196. The molecule has 5 saturated heterocycles. The van der Waals surface area contributed by atoms with Gasteiger partial charge in [0.2, 0.25) is 17.7 Å². The molecule has 5 fully saturated rings. The number of piperidine rings is 3. The number of carbonyl (C=O) groups excluding carboxylic acids is 4. The molecule has 5 aliphatic rings. The van der Waals surface area contributed by atoms with Crippen LogP contribution in [0, 0.1) is 11.8 Å². The third-order valence-corrected chi connectivity index (χ3v) is 13.1. The number of anilines is 2. The van der Waals surface area contributed by atoms with Gasteiger partial charge in [0.05, 0.1) is 17.9 Å². The Morgan fingerprint density at radius 3 is 2.51 bits per heavy atom. The Balaban J connectivity index is 0.841. The topological polar surface area (TPSA) is 199 Å². The lowest BCUT2D eigenvalue weighted by Gasteiger charge is -2.38.